The molecule has 0 aliphatic carbocycles. The highest BCUT2D eigenvalue weighted by molar-refractivity contribution is 4.61. The fourth-order valence-electron chi connectivity index (χ4n) is 7.08. The second-order valence-corrected chi connectivity index (χ2v) is 15.2. The molecule has 3 unspecified atom stereocenters. The Kier molecular flexibility index (Phi) is 35.5. The fourth-order valence-corrected chi connectivity index (χ4v) is 7.08. The van der Waals surface area contributed by atoms with Crippen LogP contribution < -0.4 is 0 Å². The zero-order valence-corrected chi connectivity index (χ0v) is 30.8. The SMILES string of the molecule is CCCCCCCCCCCCCCCCCCC(C)CCCC(C)CCCC(C)CCCCCCCCCCCC. The molecule has 0 heterocycles. The highest BCUT2D eigenvalue weighted by Crippen LogP contribution is 2.24. The first-order valence-corrected chi connectivity index (χ1v) is 20.6. The maximum absolute atomic E-state index is 2.52. The van der Waals surface area contributed by atoms with Crippen LogP contribution in [-0.4, -0.2) is 0 Å². The van der Waals surface area contributed by atoms with E-state index in [9.17, 15) is 0 Å². The number of hydrogen-bond donors (Lipinski definition) is 0. The third-order valence-corrected chi connectivity index (χ3v) is 10.4. The van der Waals surface area contributed by atoms with Crippen molar-refractivity contribution in [2.75, 3.05) is 0 Å². The van der Waals surface area contributed by atoms with Crippen LogP contribution in [0.25, 0.3) is 0 Å². The quantitative estimate of drug-likeness (QED) is 0.0637. The molecule has 0 rings (SSSR count). The van der Waals surface area contributed by atoms with E-state index in [1.165, 1.54) is 218 Å². The third kappa shape index (κ3) is 34.5. The van der Waals surface area contributed by atoms with Crippen molar-refractivity contribution >= 4 is 0 Å². The molecule has 0 saturated heterocycles. The molecule has 0 aliphatic rings. The smallest absolute Gasteiger partial charge is 0.0443 e. The van der Waals surface area contributed by atoms with Gasteiger partial charge in [-0.15, -0.1) is 0 Å². The van der Waals surface area contributed by atoms with Gasteiger partial charge in [0.2, 0.25) is 0 Å². The van der Waals surface area contributed by atoms with Crippen molar-refractivity contribution in [1.82, 2.24) is 0 Å². The van der Waals surface area contributed by atoms with Crippen molar-refractivity contribution in [3.05, 3.63) is 0 Å². The van der Waals surface area contributed by atoms with Gasteiger partial charge in [-0.3, -0.25) is 0 Å². The van der Waals surface area contributed by atoms with Gasteiger partial charge in [-0.25, -0.2) is 0 Å². The molecule has 0 bridgehead atoms. The molecule has 42 heavy (non-hydrogen) atoms. The van der Waals surface area contributed by atoms with E-state index >= 15 is 0 Å². The van der Waals surface area contributed by atoms with Gasteiger partial charge in [0.15, 0.2) is 0 Å². The highest BCUT2D eigenvalue weighted by Gasteiger charge is 2.08. The normalized spacial score (nSPS) is 13.9. The van der Waals surface area contributed by atoms with Crippen LogP contribution in [0.2, 0.25) is 0 Å². The number of hydrogen-bond acceptors (Lipinski definition) is 0. The number of rotatable bonds is 36. The molecular weight excluding hydrogens is 504 g/mol. The van der Waals surface area contributed by atoms with Gasteiger partial charge in [0, 0.05) is 0 Å². The minimum Gasteiger partial charge on any atom is -0.0654 e. The topological polar surface area (TPSA) is 0 Å². The van der Waals surface area contributed by atoms with E-state index in [0.29, 0.717) is 0 Å². The van der Waals surface area contributed by atoms with E-state index in [2.05, 4.69) is 34.6 Å². The standard InChI is InChI=1S/C42H86/c1-6-8-10-12-14-16-18-19-20-21-22-23-25-27-29-31-35-41(4)37-33-39-42(5)38-32-36-40(3)34-30-28-26-24-17-15-13-11-9-7-2/h40-42H,6-39H2,1-5H3. The Labute approximate surface area is 270 Å². The summed E-state index contributed by atoms with van der Waals surface area (Å²) in [5.41, 5.74) is 0. The molecule has 0 aromatic carbocycles. The van der Waals surface area contributed by atoms with Gasteiger partial charge in [0.1, 0.15) is 0 Å². The molecule has 3 atom stereocenters. The van der Waals surface area contributed by atoms with Gasteiger partial charge in [-0.1, -0.05) is 253 Å². The van der Waals surface area contributed by atoms with Gasteiger partial charge < -0.3 is 0 Å². The molecule has 0 fully saturated rings. The summed E-state index contributed by atoms with van der Waals surface area (Å²) in [5.74, 6) is 2.84. The van der Waals surface area contributed by atoms with Crippen LogP contribution in [0, 0.1) is 17.8 Å². The zero-order chi connectivity index (χ0) is 30.8. The first-order valence-electron chi connectivity index (χ1n) is 20.6. The van der Waals surface area contributed by atoms with E-state index in [0.717, 1.165) is 17.8 Å². The Bertz CT molecular complexity index is 467. The average molecular weight is 591 g/mol. The van der Waals surface area contributed by atoms with E-state index in [4.69, 9.17) is 0 Å². The van der Waals surface area contributed by atoms with Gasteiger partial charge in [-0.2, -0.15) is 0 Å². The van der Waals surface area contributed by atoms with E-state index in [1.54, 1.807) is 0 Å². The lowest BCUT2D eigenvalue weighted by Gasteiger charge is -2.16. The Morgan fingerprint density at radius 2 is 0.381 bits per heavy atom. The predicted octanol–water partition coefficient (Wildman–Crippen LogP) is 16.2. The van der Waals surface area contributed by atoms with Gasteiger partial charge in [0.05, 0.1) is 0 Å². The summed E-state index contributed by atoms with van der Waals surface area (Å²) in [7, 11) is 0. The molecule has 0 aromatic rings. The third-order valence-electron chi connectivity index (χ3n) is 10.4. The minimum absolute atomic E-state index is 0.942. The van der Waals surface area contributed by atoms with Crippen LogP contribution >= 0.6 is 0 Å². The van der Waals surface area contributed by atoms with Crippen molar-refractivity contribution in [2.45, 2.75) is 253 Å². The van der Waals surface area contributed by atoms with Gasteiger partial charge in [-0.05, 0) is 17.8 Å². The molecule has 0 amide bonds. The second kappa shape index (κ2) is 35.5. The van der Waals surface area contributed by atoms with E-state index < -0.39 is 0 Å². The lowest BCUT2D eigenvalue weighted by atomic mass is 9.90. The molecule has 0 aromatic heterocycles. The summed E-state index contributed by atoms with van der Waals surface area (Å²) in [5, 5.41) is 0. The Morgan fingerprint density at radius 3 is 0.595 bits per heavy atom. The lowest BCUT2D eigenvalue weighted by Crippen LogP contribution is -2.01. The summed E-state index contributed by atoms with van der Waals surface area (Å²) >= 11 is 0. The minimum atomic E-state index is 0.942. The lowest BCUT2D eigenvalue weighted by molar-refractivity contribution is 0.373. The molecule has 254 valence electrons. The fraction of sp³-hybridized carbons (Fsp3) is 1.00. The summed E-state index contributed by atoms with van der Waals surface area (Å²) in [6, 6.07) is 0. The highest BCUT2D eigenvalue weighted by atomic mass is 14.1. The van der Waals surface area contributed by atoms with Gasteiger partial charge >= 0.3 is 0 Å². The van der Waals surface area contributed by atoms with Crippen LogP contribution in [-0.2, 0) is 0 Å². The molecular formula is C42H86. The van der Waals surface area contributed by atoms with Crippen molar-refractivity contribution in [2.24, 2.45) is 17.8 Å². The summed E-state index contributed by atoms with van der Waals surface area (Å²) < 4.78 is 0. The Balaban J connectivity index is 3.35. The molecule has 0 radical (unpaired) electrons. The van der Waals surface area contributed by atoms with Crippen LogP contribution in [0.4, 0.5) is 0 Å². The second-order valence-electron chi connectivity index (χ2n) is 15.2. The monoisotopic (exact) mass is 591 g/mol. The van der Waals surface area contributed by atoms with E-state index in [1.807, 2.05) is 0 Å². The first-order chi connectivity index (χ1) is 20.6. The number of unbranched alkanes of at least 4 members (excludes halogenated alkanes) is 24. The molecule has 0 saturated carbocycles. The maximum Gasteiger partial charge on any atom is -0.0443 e. The predicted molar refractivity (Wildman–Crippen MR) is 196 cm³/mol. The summed E-state index contributed by atoms with van der Waals surface area (Å²) in [6.07, 6.45) is 50.0. The Morgan fingerprint density at radius 1 is 0.214 bits per heavy atom. The van der Waals surface area contributed by atoms with Crippen LogP contribution in [0.5, 0.6) is 0 Å². The Hall–Kier alpha value is 0. The average Bonchev–Trinajstić information content (AvgIpc) is 2.98. The first kappa shape index (κ1) is 42.0. The van der Waals surface area contributed by atoms with Gasteiger partial charge in [0.25, 0.3) is 0 Å². The summed E-state index contributed by atoms with van der Waals surface area (Å²) in [4.78, 5) is 0. The summed E-state index contributed by atoms with van der Waals surface area (Å²) in [6.45, 7) is 12.2. The molecule has 0 aliphatic heterocycles. The van der Waals surface area contributed by atoms with Crippen molar-refractivity contribution in [1.29, 1.82) is 0 Å². The van der Waals surface area contributed by atoms with E-state index in [-0.39, 0.29) is 0 Å². The van der Waals surface area contributed by atoms with Crippen molar-refractivity contribution in [3.8, 4) is 0 Å². The van der Waals surface area contributed by atoms with Crippen LogP contribution in [0.15, 0.2) is 0 Å². The maximum atomic E-state index is 2.52. The van der Waals surface area contributed by atoms with Crippen molar-refractivity contribution < 1.29 is 0 Å². The molecule has 0 spiro atoms. The molecule has 0 nitrogen and oxygen atoms in total. The van der Waals surface area contributed by atoms with Crippen LogP contribution in [0.3, 0.4) is 0 Å². The largest absolute Gasteiger partial charge is 0.0654 e. The molecule has 0 heteroatoms. The van der Waals surface area contributed by atoms with Crippen LogP contribution in [0.1, 0.15) is 253 Å². The zero-order valence-electron chi connectivity index (χ0n) is 30.8. The molecule has 0 N–H and O–H groups in total. The van der Waals surface area contributed by atoms with Crippen molar-refractivity contribution in [3.63, 3.8) is 0 Å².